The Morgan fingerprint density at radius 1 is 1.25 bits per heavy atom. The van der Waals surface area contributed by atoms with Gasteiger partial charge in [-0.1, -0.05) is 19.1 Å². The second-order valence-corrected chi connectivity index (χ2v) is 5.23. The second kappa shape index (κ2) is 6.41. The first-order valence-electron chi connectivity index (χ1n) is 7.00. The molecule has 16 heavy (non-hydrogen) atoms. The Bertz CT molecular complexity index is 225. The lowest BCUT2D eigenvalue weighted by atomic mass is 9.94. The zero-order chi connectivity index (χ0) is 11.2. The zero-order valence-electron chi connectivity index (χ0n) is 10.6. The van der Waals surface area contributed by atoms with Gasteiger partial charge in [0.2, 0.25) is 0 Å². The van der Waals surface area contributed by atoms with E-state index >= 15 is 0 Å². The van der Waals surface area contributed by atoms with Crippen molar-refractivity contribution in [3.8, 4) is 0 Å². The third-order valence-electron chi connectivity index (χ3n) is 4.10. The van der Waals surface area contributed by atoms with Crippen LogP contribution in [0.2, 0.25) is 0 Å². The van der Waals surface area contributed by atoms with E-state index in [1.165, 1.54) is 58.3 Å². The molecule has 2 aliphatic rings. The molecule has 1 fully saturated rings. The summed E-state index contributed by atoms with van der Waals surface area (Å²) >= 11 is 0. The quantitative estimate of drug-likeness (QED) is 0.719. The summed E-state index contributed by atoms with van der Waals surface area (Å²) in [6.07, 6.45) is 11.4. The molecule has 0 radical (unpaired) electrons. The van der Waals surface area contributed by atoms with Gasteiger partial charge >= 0.3 is 0 Å². The van der Waals surface area contributed by atoms with E-state index < -0.39 is 0 Å². The predicted octanol–water partition coefficient (Wildman–Crippen LogP) is 2.42. The Morgan fingerprint density at radius 2 is 2.19 bits per heavy atom. The van der Waals surface area contributed by atoms with Gasteiger partial charge in [-0.15, -0.1) is 0 Å². The number of allylic oxidation sites excluding steroid dienone is 2. The number of rotatable bonds is 5. The van der Waals surface area contributed by atoms with Gasteiger partial charge in [-0.2, -0.15) is 0 Å². The minimum Gasteiger partial charge on any atom is -0.315 e. The van der Waals surface area contributed by atoms with E-state index in [0.29, 0.717) is 0 Å². The number of nitrogens with one attached hydrogen (secondary N) is 1. The highest BCUT2D eigenvalue weighted by atomic mass is 15.2. The first-order chi connectivity index (χ1) is 7.90. The zero-order valence-corrected chi connectivity index (χ0v) is 10.6. The summed E-state index contributed by atoms with van der Waals surface area (Å²) in [7, 11) is 0. The van der Waals surface area contributed by atoms with Crippen molar-refractivity contribution in [2.24, 2.45) is 5.92 Å². The van der Waals surface area contributed by atoms with Gasteiger partial charge in [0, 0.05) is 12.6 Å². The summed E-state index contributed by atoms with van der Waals surface area (Å²) in [4.78, 5) is 2.62. The van der Waals surface area contributed by atoms with Crippen molar-refractivity contribution < 1.29 is 0 Å². The van der Waals surface area contributed by atoms with Crippen LogP contribution in [0.4, 0.5) is 0 Å². The number of hydrogen-bond acceptors (Lipinski definition) is 2. The van der Waals surface area contributed by atoms with E-state index in [2.05, 4.69) is 29.3 Å². The van der Waals surface area contributed by atoms with Crippen molar-refractivity contribution in [3.63, 3.8) is 0 Å². The molecule has 0 bridgehead atoms. The van der Waals surface area contributed by atoms with Gasteiger partial charge in [0.1, 0.15) is 0 Å². The van der Waals surface area contributed by atoms with Gasteiger partial charge in [-0.05, 0) is 57.7 Å². The van der Waals surface area contributed by atoms with Crippen molar-refractivity contribution in [3.05, 3.63) is 12.2 Å². The largest absolute Gasteiger partial charge is 0.315 e. The fourth-order valence-corrected chi connectivity index (χ4v) is 3.04. The fraction of sp³-hybridized carbons (Fsp3) is 0.857. The molecule has 1 N–H and O–H groups in total. The number of likely N-dealkylation sites (N-methyl/N-ethyl adjacent to an activating group) is 1. The highest BCUT2D eigenvalue weighted by Crippen LogP contribution is 2.18. The molecule has 0 aromatic heterocycles. The molecule has 1 heterocycles. The maximum atomic E-state index is 3.69. The summed E-state index contributed by atoms with van der Waals surface area (Å²) in [5.41, 5.74) is 0. The molecule has 0 saturated carbocycles. The highest BCUT2D eigenvalue weighted by molar-refractivity contribution is 4.91. The molecule has 2 rings (SSSR count). The number of nitrogens with zero attached hydrogens (tertiary/aromatic N) is 1. The molecule has 1 aliphatic carbocycles. The van der Waals surface area contributed by atoms with Crippen molar-refractivity contribution in [1.29, 1.82) is 0 Å². The summed E-state index contributed by atoms with van der Waals surface area (Å²) in [6.45, 7) is 7.24. The molecular formula is C14H26N2. The van der Waals surface area contributed by atoms with Crippen molar-refractivity contribution in [1.82, 2.24) is 10.2 Å². The maximum absolute atomic E-state index is 3.69. The molecule has 1 saturated heterocycles. The number of hydrogen-bond donors (Lipinski definition) is 1. The third-order valence-corrected chi connectivity index (χ3v) is 4.10. The van der Waals surface area contributed by atoms with Crippen LogP contribution in [-0.2, 0) is 0 Å². The normalized spacial score (nSPS) is 31.1. The van der Waals surface area contributed by atoms with Crippen LogP contribution in [0.5, 0.6) is 0 Å². The minimum absolute atomic E-state index is 0.809. The maximum Gasteiger partial charge on any atom is 0.0220 e. The van der Waals surface area contributed by atoms with Crippen LogP contribution in [0, 0.1) is 5.92 Å². The highest BCUT2D eigenvalue weighted by Gasteiger charge is 2.22. The second-order valence-electron chi connectivity index (χ2n) is 5.23. The smallest absolute Gasteiger partial charge is 0.0220 e. The molecule has 0 amide bonds. The summed E-state index contributed by atoms with van der Waals surface area (Å²) in [6, 6.07) is 0.809. The molecule has 0 spiro atoms. The molecule has 2 unspecified atom stereocenters. The van der Waals surface area contributed by atoms with Gasteiger partial charge in [0.15, 0.2) is 0 Å². The molecule has 2 heteroatoms. The fourth-order valence-electron chi connectivity index (χ4n) is 3.04. The molecule has 2 nitrogen and oxygen atoms in total. The lowest BCUT2D eigenvalue weighted by Crippen LogP contribution is -2.39. The van der Waals surface area contributed by atoms with Gasteiger partial charge in [0.05, 0.1) is 0 Å². The van der Waals surface area contributed by atoms with Gasteiger partial charge in [-0.3, -0.25) is 4.90 Å². The van der Waals surface area contributed by atoms with E-state index in [4.69, 9.17) is 0 Å². The van der Waals surface area contributed by atoms with Crippen LogP contribution in [0.1, 0.15) is 39.0 Å². The van der Waals surface area contributed by atoms with Crippen molar-refractivity contribution in [2.75, 3.05) is 26.2 Å². The van der Waals surface area contributed by atoms with Crippen LogP contribution in [-0.4, -0.2) is 37.1 Å². The van der Waals surface area contributed by atoms with E-state index in [0.717, 1.165) is 12.0 Å². The Hall–Kier alpha value is -0.340. The van der Waals surface area contributed by atoms with Crippen molar-refractivity contribution in [2.45, 2.75) is 45.1 Å². The molecule has 0 aromatic rings. The monoisotopic (exact) mass is 222 g/mol. The van der Waals surface area contributed by atoms with Crippen LogP contribution in [0.15, 0.2) is 12.2 Å². The first-order valence-corrected chi connectivity index (χ1v) is 7.00. The Kier molecular flexibility index (Phi) is 4.86. The predicted molar refractivity (Wildman–Crippen MR) is 69.6 cm³/mol. The summed E-state index contributed by atoms with van der Waals surface area (Å²) in [5.74, 6) is 0.890. The summed E-state index contributed by atoms with van der Waals surface area (Å²) in [5, 5.41) is 3.69. The van der Waals surface area contributed by atoms with E-state index in [1.807, 2.05) is 0 Å². The van der Waals surface area contributed by atoms with Crippen LogP contribution < -0.4 is 5.32 Å². The average molecular weight is 222 g/mol. The van der Waals surface area contributed by atoms with Crippen molar-refractivity contribution >= 4 is 0 Å². The Morgan fingerprint density at radius 3 is 2.94 bits per heavy atom. The lowest BCUT2D eigenvalue weighted by molar-refractivity contribution is 0.256. The van der Waals surface area contributed by atoms with Gasteiger partial charge in [0.25, 0.3) is 0 Å². The molecule has 2 atom stereocenters. The standard InChI is InChI=1S/C14H26N2/c1-2-16-10-6-9-14(16)12-15-11-13-7-4-3-5-8-13/h3-4,13-15H,2,5-12H2,1H3. The molecular weight excluding hydrogens is 196 g/mol. The Balaban J connectivity index is 1.62. The number of likely N-dealkylation sites (tertiary alicyclic amines) is 1. The third kappa shape index (κ3) is 3.33. The van der Waals surface area contributed by atoms with Crippen LogP contribution in [0.3, 0.4) is 0 Å². The molecule has 92 valence electrons. The van der Waals surface area contributed by atoms with Crippen LogP contribution >= 0.6 is 0 Å². The summed E-state index contributed by atoms with van der Waals surface area (Å²) < 4.78 is 0. The van der Waals surface area contributed by atoms with Gasteiger partial charge in [-0.25, -0.2) is 0 Å². The minimum atomic E-state index is 0.809. The topological polar surface area (TPSA) is 15.3 Å². The van der Waals surface area contributed by atoms with E-state index in [1.54, 1.807) is 0 Å². The van der Waals surface area contributed by atoms with E-state index in [9.17, 15) is 0 Å². The lowest BCUT2D eigenvalue weighted by Gasteiger charge is -2.25. The van der Waals surface area contributed by atoms with Gasteiger partial charge < -0.3 is 5.32 Å². The van der Waals surface area contributed by atoms with Crippen LogP contribution in [0.25, 0.3) is 0 Å². The SMILES string of the molecule is CCN1CCCC1CNCC1CC=CCC1. The van der Waals surface area contributed by atoms with E-state index in [-0.39, 0.29) is 0 Å². The first kappa shape index (κ1) is 12.1. The molecule has 0 aromatic carbocycles. The molecule has 1 aliphatic heterocycles. The average Bonchev–Trinajstić information content (AvgIpc) is 2.78. The Labute approximate surface area is 100 Å².